The first-order valence-electron chi connectivity index (χ1n) is 6.28. The monoisotopic (exact) mass is 224 g/mol. The first kappa shape index (κ1) is 17.3. The topological polar surface area (TPSA) is 16.1 Å². The highest BCUT2D eigenvalue weighted by molar-refractivity contribution is 5.46. The van der Waals surface area contributed by atoms with E-state index in [0.717, 1.165) is 12.2 Å². The molecule has 0 N–H and O–H groups in total. The van der Waals surface area contributed by atoms with E-state index < -0.39 is 0 Å². The van der Waals surface area contributed by atoms with Crippen molar-refractivity contribution in [2.45, 2.75) is 48.0 Å². The molecule has 0 spiro atoms. The highest BCUT2D eigenvalue weighted by Crippen LogP contribution is 2.16. The molecule has 94 valence electrons. The molecule has 2 heteroatoms. The Morgan fingerprint density at radius 3 is 2.00 bits per heavy atom. The van der Waals surface area contributed by atoms with Gasteiger partial charge in [0, 0.05) is 20.3 Å². The molecule has 0 aromatic carbocycles. The van der Waals surface area contributed by atoms with E-state index in [2.05, 4.69) is 29.8 Å². The quantitative estimate of drug-likeness (QED) is 0.752. The van der Waals surface area contributed by atoms with Crippen LogP contribution < -0.4 is 4.90 Å². The van der Waals surface area contributed by atoms with Crippen molar-refractivity contribution in [2.24, 2.45) is 0 Å². The lowest BCUT2D eigenvalue weighted by Crippen LogP contribution is -2.13. The van der Waals surface area contributed by atoms with Gasteiger partial charge in [0.15, 0.2) is 0 Å². The molecule has 0 radical (unpaired) electrons. The van der Waals surface area contributed by atoms with E-state index in [1.165, 1.54) is 11.1 Å². The molecule has 0 fully saturated rings. The summed E-state index contributed by atoms with van der Waals surface area (Å²) in [6.45, 7) is 12.2. The molecule has 0 aliphatic heterocycles. The summed E-state index contributed by atoms with van der Waals surface area (Å²) in [4.78, 5) is 6.43. The second-order valence-electron chi connectivity index (χ2n) is 3.24. The van der Waals surface area contributed by atoms with E-state index in [1.807, 2.05) is 48.0 Å². The normalized spacial score (nSPS) is 8.25. The zero-order valence-electron chi connectivity index (χ0n) is 12.3. The van der Waals surface area contributed by atoms with Gasteiger partial charge in [0.05, 0.1) is 0 Å². The van der Waals surface area contributed by atoms with Crippen molar-refractivity contribution >= 4 is 5.82 Å². The molecule has 0 unspecified atom stereocenters. The van der Waals surface area contributed by atoms with Gasteiger partial charge in [0.1, 0.15) is 5.82 Å². The van der Waals surface area contributed by atoms with Crippen molar-refractivity contribution in [3.05, 3.63) is 23.4 Å². The molecule has 1 aromatic heterocycles. The molecular formula is C14H28N2. The molecular weight excluding hydrogens is 196 g/mol. The van der Waals surface area contributed by atoms with Crippen molar-refractivity contribution in [3.8, 4) is 0 Å². The van der Waals surface area contributed by atoms with Gasteiger partial charge in [-0.05, 0) is 24.5 Å². The molecule has 0 atom stereocenters. The lowest BCUT2D eigenvalue weighted by molar-refractivity contribution is 1.00. The van der Waals surface area contributed by atoms with Crippen LogP contribution in [0.2, 0.25) is 0 Å². The lowest BCUT2D eigenvalue weighted by atomic mass is 10.1. The van der Waals surface area contributed by atoms with Gasteiger partial charge in [-0.3, -0.25) is 0 Å². The summed E-state index contributed by atoms with van der Waals surface area (Å²) < 4.78 is 0. The summed E-state index contributed by atoms with van der Waals surface area (Å²) in [7, 11) is 4.05. The average molecular weight is 224 g/mol. The standard InChI is InChI=1S/C10H16N2.2C2H6/c1-5-9-6-8(2)7-11-10(9)12(3)4;2*1-2/h6-7H,5H2,1-4H3;2*1-2H3. The molecule has 1 heterocycles. The Kier molecular flexibility index (Phi) is 11.3. The second-order valence-corrected chi connectivity index (χ2v) is 3.24. The maximum absolute atomic E-state index is 4.37. The largest absolute Gasteiger partial charge is 0.363 e. The Hall–Kier alpha value is -1.05. The zero-order valence-corrected chi connectivity index (χ0v) is 12.3. The highest BCUT2D eigenvalue weighted by atomic mass is 15.1. The predicted molar refractivity (Wildman–Crippen MR) is 75.4 cm³/mol. The van der Waals surface area contributed by atoms with Crippen LogP contribution in [0.5, 0.6) is 0 Å². The van der Waals surface area contributed by atoms with E-state index in [1.54, 1.807) is 0 Å². The van der Waals surface area contributed by atoms with Crippen molar-refractivity contribution in [3.63, 3.8) is 0 Å². The Morgan fingerprint density at radius 2 is 1.62 bits per heavy atom. The Morgan fingerprint density at radius 1 is 1.12 bits per heavy atom. The summed E-state index contributed by atoms with van der Waals surface area (Å²) in [5.74, 6) is 1.09. The fourth-order valence-electron chi connectivity index (χ4n) is 1.29. The molecule has 0 aliphatic carbocycles. The molecule has 0 amide bonds. The van der Waals surface area contributed by atoms with E-state index in [9.17, 15) is 0 Å². The van der Waals surface area contributed by atoms with Gasteiger partial charge in [-0.15, -0.1) is 0 Å². The Bertz CT molecular complexity index is 267. The van der Waals surface area contributed by atoms with Gasteiger partial charge < -0.3 is 4.90 Å². The third-order valence-corrected chi connectivity index (χ3v) is 1.88. The van der Waals surface area contributed by atoms with Gasteiger partial charge in [-0.2, -0.15) is 0 Å². The third kappa shape index (κ3) is 5.74. The summed E-state index contributed by atoms with van der Waals surface area (Å²) in [5.41, 5.74) is 2.55. The summed E-state index contributed by atoms with van der Waals surface area (Å²) >= 11 is 0. The Balaban J connectivity index is 0. The third-order valence-electron chi connectivity index (χ3n) is 1.88. The highest BCUT2D eigenvalue weighted by Gasteiger charge is 2.03. The first-order valence-corrected chi connectivity index (χ1v) is 6.28. The molecule has 1 rings (SSSR count). The van der Waals surface area contributed by atoms with E-state index in [-0.39, 0.29) is 0 Å². The SMILES string of the molecule is CC.CC.CCc1cc(C)cnc1N(C)C. The average Bonchev–Trinajstić information content (AvgIpc) is 2.33. The van der Waals surface area contributed by atoms with Crippen LogP contribution in [0.1, 0.15) is 45.7 Å². The van der Waals surface area contributed by atoms with E-state index in [0.29, 0.717) is 0 Å². The molecule has 0 saturated heterocycles. The number of aryl methyl sites for hydroxylation is 2. The predicted octanol–water partition coefficient (Wildman–Crippen LogP) is 4.07. The van der Waals surface area contributed by atoms with Crippen LogP contribution in [-0.4, -0.2) is 19.1 Å². The van der Waals surface area contributed by atoms with E-state index in [4.69, 9.17) is 0 Å². The van der Waals surface area contributed by atoms with Crippen LogP contribution in [0.15, 0.2) is 12.3 Å². The van der Waals surface area contributed by atoms with Gasteiger partial charge in [-0.1, -0.05) is 40.7 Å². The summed E-state index contributed by atoms with van der Waals surface area (Å²) in [6, 6.07) is 2.20. The van der Waals surface area contributed by atoms with Crippen molar-refractivity contribution in [1.29, 1.82) is 0 Å². The Labute approximate surface area is 102 Å². The number of aromatic nitrogens is 1. The van der Waals surface area contributed by atoms with Crippen molar-refractivity contribution in [2.75, 3.05) is 19.0 Å². The van der Waals surface area contributed by atoms with Gasteiger partial charge >= 0.3 is 0 Å². The molecule has 0 saturated carbocycles. The lowest BCUT2D eigenvalue weighted by Gasteiger charge is -2.15. The maximum Gasteiger partial charge on any atom is 0.131 e. The summed E-state index contributed by atoms with van der Waals surface area (Å²) in [6.07, 6.45) is 2.96. The van der Waals surface area contributed by atoms with Crippen molar-refractivity contribution in [1.82, 2.24) is 4.98 Å². The first-order chi connectivity index (χ1) is 7.65. The fourth-order valence-corrected chi connectivity index (χ4v) is 1.29. The number of pyridine rings is 1. The maximum atomic E-state index is 4.37. The minimum absolute atomic E-state index is 1.04. The minimum Gasteiger partial charge on any atom is -0.363 e. The van der Waals surface area contributed by atoms with Crippen LogP contribution >= 0.6 is 0 Å². The van der Waals surface area contributed by atoms with Crippen LogP contribution in [0.4, 0.5) is 5.82 Å². The smallest absolute Gasteiger partial charge is 0.131 e. The number of anilines is 1. The number of hydrogen-bond donors (Lipinski definition) is 0. The molecule has 1 aromatic rings. The van der Waals surface area contributed by atoms with Crippen LogP contribution in [0.3, 0.4) is 0 Å². The van der Waals surface area contributed by atoms with Crippen LogP contribution in [0, 0.1) is 6.92 Å². The molecule has 16 heavy (non-hydrogen) atoms. The van der Waals surface area contributed by atoms with E-state index >= 15 is 0 Å². The molecule has 0 bridgehead atoms. The van der Waals surface area contributed by atoms with Crippen LogP contribution in [0.25, 0.3) is 0 Å². The second kappa shape index (κ2) is 10.5. The number of nitrogens with zero attached hydrogens (tertiary/aromatic N) is 2. The number of hydrogen-bond acceptors (Lipinski definition) is 2. The number of rotatable bonds is 2. The fraction of sp³-hybridized carbons (Fsp3) is 0.643. The van der Waals surface area contributed by atoms with Crippen LogP contribution in [-0.2, 0) is 6.42 Å². The summed E-state index contributed by atoms with van der Waals surface area (Å²) in [5, 5.41) is 0. The molecule has 0 aliphatic rings. The van der Waals surface area contributed by atoms with Gasteiger partial charge in [0.25, 0.3) is 0 Å². The van der Waals surface area contributed by atoms with Gasteiger partial charge in [-0.25, -0.2) is 4.98 Å². The zero-order chi connectivity index (χ0) is 13.1. The van der Waals surface area contributed by atoms with Gasteiger partial charge in [0.2, 0.25) is 0 Å². The van der Waals surface area contributed by atoms with Crippen molar-refractivity contribution < 1.29 is 0 Å². The minimum atomic E-state index is 1.04. The molecule has 2 nitrogen and oxygen atoms in total.